The highest BCUT2D eigenvalue weighted by Gasteiger charge is 2.18. The first-order valence-corrected chi connectivity index (χ1v) is 8.14. The molecule has 2 heterocycles. The minimum absolute atomic E-state index is 0.310. The molecule has 0 unspecified atom stereocenters. The third-order valence-corrected chi connectivity index (χ3v) is 5.89. The van der Waals surface area contributed by atoms with Crippen molar-refractivity contribution in [3.63, 3.8) is 0 Å². The largest absolute Gasteiger partial charge is 0.469 e. The van der Waals surface area contributed by atoms with Crippen LogP contribution in [0, 0.1) is 6.92 Å². The van der Waals surface area contributed by atoms with Crippen molar-refractivity contribution in [3.8, 4) is 0 Å². The van der Waals surface area contributed by atoms with Crippen molar-refractivity contribution in [2.75, 3.05) is 6.54 Å². The van der Waals surface area contributed by atoms with Crippen LogP contribution in [-0.2, 0) is 23.0 Å². The van der Waals surface area contributed by atoms with Gasteiger partial charge in [-0.3, -0.25) is 0 Å². The summed E-state index contributed by atoms with van der Waals surface area (Å²) >= 11 is 1.22. The summed E-state index contributed by atoms with van der Waals surface area (Å²) in [7, 11) is -3.45. The van der Waals surface area contributed by atoms with Gasteiger partial charge in [-0.15, -0.1) is 11.3 Å². The molecule has 0 bridgehead atoms. The number of nitrogens with two attached hydrogens (primary N) is 1. The summed E-state index contributed by atoms with van der Waals surface area (Å²) in [5.74, 6) is 0.757. The van der Waals surface area contributed by atoms with Gasteiger partial charge in [0.1, 0.15) is 9.97 Å². The van der Waals surface area contributed by atoms with Crippen LogP contribution in [0.5, 0.6) is 0 Å². The summed E-state index contributed by atoms with van der Waals surface area (Å²) in [5.41, 5.74) is 6.47. The van der Waals surface area contributed by atoms with Crippen LogP contribution in [-0.4, -0.2) is 15.0 Å². The van der Waals surface area contributed by atoms with Gasteiger partial charge >= 0.3 is 0 Å². The zero-order valence-corrected chi connectivity index (χ0v) is 12.2. The SMILES string of the molecule is Cc1cc(S(=O)(=O)NCCc2ccco2)sc1CN. The lowest BCUT2D eigenvalue weighted by Gasteiger charge is -2.03. The van der Waals surface area contributed by atoms with E-state index in [2.05, 4.69) is 4.72 Å². The van der Waals surface area contributed by atoms with E-state index in [-0.39, 0.29) is 0 Å². The Labute approximate surface area is 116 Å². The van der Waals surface area contributed by atoms with Gasteiger partial charge in [0.25, 0.3) is 0 Å². The molecule has 0 spiro atoms. The van der Waals surface area contributed by atoms with Crippen LogP contribution >= 0.6 is 11.3 Å². The topological polar surface area (TPSA) is 85.3 Å². The molecule has 0 saturated carbocycles. The summed E-state index contributed by atoms with van der Waals surface area (Å²) in [6.45, 7) is 2.53. The van der Waals surface area contributed by atoms with E-state index < -0.39 is 10.0 Å². The summed E-state index contributed by atoms with van der Waals surface area (Å²) in [6, 6.07) is 5.25. The molecule has 0 aliphatic rings. The monoisotopic (exact) mass is 300 g/mol. The van der Waals surface area contributed by atoms with Gasteiger partial charge in [0.15, 0.2) is 0 Å². The van der Waals surface area contributed by atoms with E-state index in [1.165, 1.54) is 11.3 Å². The third kappa shape index (κ3) is 3.44. The maximum absolute atomic E-state index is 12.1. The summed E-state index contributed by atoms with van der Waals surface area (Å²) in [5, 5.41) is 0. The Morgan fingerprint density at radius 3 is 2.84 bits per heavy atom. The predicted octanol–water partition coefficient (Wildman–Crippen LogP) is 1.63. The lowest BCUT2D eigenvalue weighted by atomic mass is 10.3. The first-order chi connectivity index (χ1) is 9.03. The highest BCUT2D eigenvalue weighted by molar-refractivity contribution is 7.91. The van der Waals surface area contributed by atoms with Crippen molar-refractivity contribution in [2.24, 2.45) is 5.73 Å². The van der Waals surface area contributed by atoms with E-state index in [9.17, 15) is 8.42 Å². The molecule has 19 heavy (non-hydrogen) atoms. The second kappa shape index (κ2) is 5.87. The van der Waals surface area contributed by atoms with Crippen LogP contribution in [0.15, 0.2) is 33.1 Å². The number of thiophene rings is 1. The molecule has 5 nitrogen and oxygen atoms in total. The van der Waals surface area contributed by atoms with Gasteiger partial charge in [0.05, 0.1) is 6.26 Å². The highest BCUT2D eigenvalue weighted by Crippen LogP contribution is 2.25. The fraction of sp³-hybridized carbons (Fsp3) is 0.333. The molecule has 7 heteroatoms. The van der Waals surface area contributed by atoms with Gasteiger partial charge in [0.2, 0.25) is 10.0 Å². The molecule has 0 aliphatic carbocycles. The minimum Gasteiger partial charge on any atom is -0.469 e. The fourth-order valence-electron chi connectivity index (χ4n) is 1.66. The van der Waals surface area contributed by atoms with Crippen LogP contribution in [0.25, 0.3) is 0 Å². The number of rotatable bonds is 6. The minimum atomic E-state index is -3.45. The average Bonchev–Trinajstić information content (AvgIpc) is 2.98. The lowest BCUT2D eigenvalue weighted by molar-refractivity contribution is 0.506. The molecule has 0 aromatic carbocycles. The smallest absolute Gasteiger partial charge is 0.250 e. The number of aryl methyl sites for hydroxylation is 1. The van der Waals surface area contributed by atoms with Gasteiger partial charge in [0, 0.05) is 24.4 Å². The van der Waals surface area contributed by atoms with Crippen LogP contribution < -0.4 is 10.5 Å². The third-order valence-electron chi connectivity index (χ3n) is 2.69. The normalized spacial score (nSPS) is 11.9. The van der Waals surface area contributed by atoms with Crippen molar-refractivity contribution in [2.45, 2.75) is 24.1 Å². The fourth-order valence-corrected chi connectivity index (χ4v) is 4.20. The second-order valence-electron chi connectivity index (χ2n) is 4.10. The van der Waals surface area contributed by atoms with Gasteiger partial charge in [-0.25, -0.2) is 13.1 Å². The standard InChI is InChI=1S/C12H16N2O3S2/c1-9-7-12(18-11(9)8-13)19(15,16)14-5-4-10-3-2-6-17-10/h2-3,6-7,14H,4-5,8,13H2,1H3. The Morgan fingerprint density at radius 2 is 2.26 bits per heavy atom. The Morgan fingerprint density at radius 1 is 1.47 bits per heavy atom. The zero-order chi connectivity index (χ0) is 13.9. The molecule has 0 fully saturated rings. The molecule has 104 valence electrons. The Hall–Kier alpha value is -1.15. The average molecular weight is 300 g/mol. The van der Waals surface area contributed by atoms with Gasteiger partial charge < -0.3 is 10.2 Å². The molecular weight excluding hydrogens is 284 g/mol. The van der Waals surface area contributed by atoms with Gasteiger partial charge in [-0.05, 0) is 30.7 Å². The second-order valence-corrected chi connectivity index (χ2v) is 7.23. The molecule has 0 aliphatic heterocycles. The molecule has 2 aromatic rings. The van der Waals surface area contributed by atoms with Crippen LogP contribution in [0.2, 0.25) is 0 Å². The Kier molecular flexibility index (Phi) is 4.41. The zero-order valence-electron chi connectivity index (χ0n) is 10.5. The van der Waals surface area contributed by atoms with Crippen LogP contribution in [0.3, 0.4) is 0 Å². The van der Waals surface area contributed by atoms with Crippen molar-refractivity contribution in [1.82, 2.24) is 4.72 Å². The summed E-state index contributed by atoms with van der Waals surface area (Å²) in [6.07, 6.45) is 2.10. The first-order valence-electron chi connectivity index (χ1n) is 5.84. The van der Waals surface area contributed by atoms with E-state index in [0.29, 0.717) is 23.7 Å². The van der Waals surface area contributed by atoms with E-state index in [4.69, 9.17) is 10.2 Å². The number of nitrogens with one attached hydrogen (secondary N) is 1. The van der Waals surface area contributed by atoms with Crippen LogP contribution in [0.4, 0.5) is 0 Å². The maximum Gasteiger partial charge on any atom is 0.250 e. The maximum atomic E-state index is 12.1. The van der Waals surface area contributed by atoms with Gasteiger partial charge in [-0.2, -0.15) is 0 Å². The predicted molar refractivity (Wildman–Crippen MR) is 74.5 cm³/mol. The van der Waals surface area contributed by atoms with Crippen LogP contribution in [0.1, 0.15) is 16.2 Å². The number of hydrogen-bond acceptors (Lipinski definition) is 5. The van der Waals surface area contributed by atoms with E-state index in [1.54, 1.807) is 18.4 Å². The molecule has 3 N–H and O–H groups in total. The Balaban J connectivity index is 2.01. The molecule has 0 saturated heterocycles. The summed E-state index contributed by atoms with van der Waals surface area (Å²) < 4.78 is 32.2. The molecule has 2 rings (SSSR count). The van der Waals surface area contributed by atoms with E-state index >= 15 is 0 Å². The number of hydrogen-bond donors (Lipinski definition) is 2. The molecule has 0 amide bonds. The molecule has 0 atom stereocenters. The first kappa shape index (κ1) is 14.3. The molecule has 2 aromatic heterocycles. The van der Waals surface area contributed by atoms with Crippen molar-refractivity contribution >= 4 is 21.4 Å². The summed E-state index contributed by atoms with van der Waals surface area (Å²) in [4.78, 5) is 0.895. The quantitative estimate of drug-likeness (QED) is 0.849. The molecular formula is C12H16N2O3S2. The lowest BCUT2D eigenvalue weighted by Crippen LogP contribution is -2.25. The Bertz CT molecular complexity index is 630. The van der Waals surface area contributed by atoms with Gasteiger partial charge in [-0.1, -0.05) is 0 Å². The van der Waals surface area contributed by atoms with Crippen molar-refractivity contribution < 1.29 is 12.8 Å². The van der Waals surface area contributed by atoms with E-state index in [1.807, 2.05) is 13.0 Å². The van der Waals surface area contributed by atoms with Crippen molar-refractivity contribution in [3.05, 3.63) is 40.7 Å². The molecule has 0 radical (unpaired) electrons. The van der Waals surface area contributed by atoms with Crippen molar-refractivity contribution in [1.29, 1.82) is 0 Å². The number of sulfonamides is 1. The number of furan rings is 1. The highest BCUT2D eigenvalue weighted by atomic mass is 32.2. The van der Waals surface area contributed by atoms with E-state index in [0.717, 1.165) is 16.2 Å².